The van der Waals surface area contributed by atoms with Crippen LogP contribution in [0.25, 0.3) is 17.7 Å². The van der Waals surface area contributed by atoms with Crippen molar-refractivity contribution in [2.24, 2.45) is 0 Å². The molecule has 2 aromatic carbocycles. The Morgan fingerprint density at radius 3 is 2.41 bits per heavy atom. The number of aliphatic carboxylic acids is 1. The molecule has 0 heterocycles. The molecule has 0 saturated carbocycles. The summed E-state index contributed by atoms with van der Waals surface area (Å²) in [7, 11) is 1.36. The van der Waals surface area contributed by atoms with Crippen LogP contribution >= 0.6 is 0 Å². The fourth-order valence-corrected chi connectivity index (χ4v) is 2.38. The molecule has 0 unspecified atom stereocenters. The van der Waals surface area contributed by atoms with E-state index in [-0.39, 0.29) is 5.57 Å². The SMILES string of the molecule is CO/C=C(/C(=O)O)c1ccccc1C=C/C=C/c1cccc(C(F)(F)F)c1. The maximum atomic E-state index is 12.7. The van der Waals surface area contributed by atoms with Crippen LogP contribution in [-0.2, 0) is 15.7 Å². The molecule has 3 nitrogen and oxygen atoms in total. The number of allylic oxidation sites excluding steroid dienone is 2. The van der Waals surface area contributed by atoms with Gasteiger partial charge in [0.2, 0.25) is 0 Å². The highest BCUT2D eigenvalue weighted by molar-refractivity contribution is 6.16. The van der Waals surface area contributed by atoms with E-state index in [9.17, 15) is 23.1 Å². The van der Waals surface area contributed by atoms with Gasteiger partial charge >= 0.3 is 12.1 Å². The zero-order valence-corrected chi connectivity index (χ0v) is 14.4. The lowest BCUT2D eigenvalue weighted by Crippen LogP contribution is -2.04. The Hall–Kier alpha value is -3.28. The number of ether oxygens (including phenoxy) is 1. The van der Waals surface area contributed by atoms with Crippen LogP contribution in [0.15, 0.2) is 66.9 Å². The minimum Gasteiger partial charge on any atom is -0.503 e. The van der Waals surface area contributed by atoms with Gasteiger partial charge < -0.3 is 9.84 Å². The van der Waals surface area contributed by atoms with Gasteiger partial charge in [0.15, 0.2) is 0 Å². The summed E-state index contributed by atoms with van der Waals surface area (Å²) in [6.45, 7) is 0. The van der Waals surface area contributed by atoms with Gasteiger partial charge in [0, 0.05) is 0 Å². The van der Waals surface area contributed by atoms with Gasteiger partial charge in [0.05, 0.1) is 18.9 Å². The molecule has 0 aliphatic heterocycles. The number of hydrogen-bond acceptors (Lipinski definition) is 2. The lowest BCUT2D eigenvalue weighted by Gasteiger charge is -2.07. The van der Waals surface area contributed by atoms with E-state index in [2.05, 4.69) is 0 Å². The Labute approximate surface area is 154 Å². The van der Waals surface area contributed by atoms with Crippen molar-refractivity contribution in [2.45, 2.75) is 6.18 Å². The smallest absolute Gasteiger partial charge is 0.416 e. The molecule has 0 radical (unpaired) electrons. The summed E-state index contributed by atoms with van der Waals surface area (Å²) in [6.07, 6.45) is 3.19. The van der Waals surface area contributed by atoms with Gasteiger partial charge in [0.25, 0.3) is 0 Å². The minimum atomic E-state index is -4.39. The van der Waals surface area contributed by atoms with Crippen LogP contribution < -0.4 is 0 Å². The minimum absolute atomic E-state index is 0.000363. The normalized spacial score (nSPS) is 12.7. The number of carbonyl (C=O) groups is 1. The first-order valence-corrected chi connectivity index (χ1v) is 7.90. The molecule has 0 aliphatic carbocycles. The summed E-state index contributed by atoms with van der Waals surface area (Å²) in [4.78, 5) is 11.4. The first-order chi connectivity index (χ1) is 12.8. The quantitative estimate of drug-likeness (QED) is 0.412. The molecular formula is C21H17F3O3. The van der Waals surface area contributed by atoms with Crippen molar-refractivity contribution in [3.05, 3.63) is 89.2 Å². The number of carboxylic acids is 1. The second-order valence-corrected chi connectivity index (χ2v) is 5.50. The third kappa shape index (κ3) is 5.60. The van der Waals surface area contributed by atoms with E-state index in [1.807, 2.05) is 0 Å². The number of carboxylic acid groups (broad SMARTS) is 1. The van der Waals surface area contributed by atoms with Crippen LogP contribution in [0.4, 0.5) is 13.2 Å². The molecule has 0 fully saturated rings. The van der Waals surface area contributed by atoms with E-state index in [4.69, 9.17) is 4.74 Å². The zero-order chi connectivity index (χ0) is 19.9. The van der Waals surface area contributed by atoms with Gasteiger partial charge in [-0.15, -0.1) is 0 Å². The number of rotatable bonds is 6. The highest BCUT2D eigenvalue weighted by Gasteiger charge is 2.30. The maximum absolute atomic E-state index is 12.7. The van der Waals surface area contributed by atoms with Crippen molar-refractivity contribution in [2.75, 3.05) is 7.11 Å². The van der Waals surface area contributed by atoms with Crippen LogP contribution in [0.3, 0.4) is 0 Å². The van der Waals surface area contributed by atoms with Crippen molar-refractivity contribution in [1.82, 2.24) is 0 Å². The molecule has 0 bridgehead atoms. The predicted octanol–water partition coefficient (Wildman–Crippen LogP) is 5.50. The average molecular weight is 374 g/mol. The van der Waals surface area contributed by atoms with Gasteiger partial charge in [-0.3, -0.25) is 0 Å². The molecule has 2 aromatic rings. The molecule has 0 atom stereocenters. The zero-order valence-electron chi connectivity index (χ0n) is 14.4. The Morgan fingerprint density at radius 1 is 1.04 bits per heavy atom. The standard InChI is InChI=1S/C21H17F3O3/c1-27-14-19(20(25)26)18-12-5-4-10-16(18)9-3-2-7-15-8-6-11-17(13-15)21(22,23)24/h2-14H,1H3,(H,25,26)/b7-2+,9-3?,19-14+. The highest BCUT2D eigenvalue weighted by Crippen LogP contribution is 2.29. The molecular weight excluding hydrogens is 357 g/mol. The molecule has 0 aliphatic rings. The number of benzene rings is 2. The summed E-state index contributed by atoms with van der Waals surface area (Å²) in [5.41, 5.74) is 0.801. The highest BCUT2D eigenvalue weighted by atomic mass is 19.4. The molecule has 0 aromatic heterocycles. The number of alkyl halides is 3. The Morgan fingerprint density at radius 2 is 1.74 bits per heavy atom. The van der Waals surface area contributed by atoms with Gasteiger partial charge in [-0.2, -0.15) is 13.2 Å². The summed E-state index contributed by atoms with van der Waals surface area (Å²) in [5, 5.41) is 9.32. The van der Waals surface area contributed by atoms with Crippen molar-refractivity contribution < 1.29 is 27.8 Å². The fourth-order valence-electron chi connectivity index (χ4n) is 2.38. The molecule has 0 spiro atoms. The van der Waals surface area contributed by atoms with E-state index >= 15 is 0 Å². The van der Waals surface area contributed by atoms with E-state index in [1.54, 1.807) is 48.6 Å². The number of hydrogen-bond donors (Lipinski definition) is 1. The van der Waals surface area contributed by atoms with E-state index in [0.717, 1.165) is 18.4 Å². The lowest BCUT2D eigenvalue weighted by atomic mass is 10.00. The van der Waals surface area contributed by atoms with Crippen molar-refractivity contribution in [1.29, 1.82) is 0 Å². The lowest BCUT2D eigenvalue weighted by molar-refractivity contribution is -0.137. The molecule has 2 rings (SSSR count). The largest absolute Gasteiger partial charge is 0.503 e. The van der Waals surface area contributed by atoms with Gasteiger partial charge in [-0.05, 0) is 28.8 Å². The summed E-state index contributed by atoms with van der Waals surface area (Å²) < 4.78 is 43.0. The molecule has 6 heteroatoms. The second kappa shape index (κ2) is 8.89. The van der Waals surface area contributed by atoms with Gasteiger partial charge in [-0.1, -0.05) is 60.7 Å². The van der Waals surface area contributed by atoms with Gasteiger partial charge in [-0.25, -0.2) is 4.79 Å². The van der Waals surface area contributed by atoms with Crippen LogP contribution in [0.1, 0.15) is 22.3 Å². The van der Waals surface area contributed by atoms with E-state index in [1.165, 1.54) is 19.3 Å². The molecule has 27 heavy (non-hydrogen) atoms. The maximum Gasteiger partial charge on any atom is 0.416 e. The first kappa shape index (κ1) is 20.0. The van der Waals surface area contributed by atoms with Crippen molar-refractivity contribution >= 4 is 23.7 Å². The van der Waals surface area contributed by atoms with Crippen LogP contribution in [0.2, 0.25) is 0 Å². The number of methoxy groups -OCH3 is 1. The van der Waals surface area contributed by atoms with E-state index in [0.29, 0.717) is 16.7 Å². The first-order valence-electron chi connectivity index (χ1n) is 7.90. The van der Waals surface area contributed by atoms with Crippen LogP contribution in [0.5, 0.6) is 0 Å². The molecule has 140 valence electrons. The Kier molecular flexibility index (Phi) is 6.60. The molecule has 0 saturated heterocycles. The summed E-state index contributed by atoms with van der Waals surface area (Å²) >= 11 is 0. The molecule has 1 N–H and O–H groups in total. The Balaban J connectivity index is 2.24. The average Bonchev–Trinajstić information content (AvgIpc) is 2.63. The van der Waals surface area contributed by atoms with Gasteiger partial charge in [0.1, 0.15) is 5.57 Å². The topological polar surface area (TPSA) is 46.5 Å². The number of halogens is 3. The second-order valence-electron chi connectivity index (χ2n) is 5.50. The predicted molar refractivity (Wildman–Crippen MR) is 98.6 cm³/mol. The third-order valence-corrected chi connectivity index (χ3v) is 3.61. The monoisotopic (exact) mass is 374 g/mol. The molecule has 0 amide bonds. The summed E-state index contributed by atoms with van der Waals surface area (Å²) in [5.74, 6) is -1.13. The van der Waals surface area contributed by atoms with E-state index < -0.39 is 17.7 Å². The van der Waals surface area contributed by atoms with Crippen molar-refractivity contribution in [3.8, 4) is 0 Å². The fraction of sp³-hybridized carbons (Fsp3) is 0.0952. The third-order valence-electron chi connectivity index (χ3n) is 3.61. The summed E-state index contributed by atoms with van der Waals surface area (Å²) in [6, 6.07) is 11.8. The van der Waals surface area contributed by atoms with Crippen LogP contribution in [0, 0.1) is 0 Å². The Bertz CT molecular complexity index is 894. The van der Waals surface area contributed by atoms with Crippen molar-refractivity contribution in [3.63, 3.8) is 0 Å². The van der Waals surface area contributed by atoms with Crippen LogP contribution in [-0.4, -0.2) is 18.2 Å².